The molecule has 0 saturated heterocycles. The fraction of sp³-hybridized carbons (Fsp3) is 0.235. The lowest BCUT2D eigenvalue weighted by molar-refractivity contribution is 0.0995. The number of hydrogen-bond acceptors (Lipinski definition) is 6. The smallest absolute Gasteiger partial charge is 0.206 e. The van der Waals surface area contributed by atoms with Crippen molar-refractivity contribution >= 4 is 44.9 Å². The van der Waals surface area contributed by atoms with E-state index in [1.54, 1.807) is 6.08 Å². The van der Waals surface area contributed by atoms with Crippen molar-refractivity contribution in [2.45, 2.75) is 23.4 Å². The lowest BCUT2D eigenvalue weighted by atomic mass is 10.1. The van der Waals surface area contributed by atoms with Crippen molar-refractivity contribution < 1.29 is 4.79 Å². The molecule has 7 heteroatoms. The molecule has 2 heterocycles. The summed E-state index contributed by atoms with van der Waals surface area (Å²) < 4.78 is 0.778. The summed E-state index contributed by atoms with van der Waals surface area (Å²) in [5.74, 6) is 0.103. The van der Waals surface area contributed by atoms with Crippen molar-refractivity contribution in [3.63, 3.8) is 0 Å². The van der Waals surface area contributed by atoms with Crippen LogP contribution in [0.4, 0.5) is 5.13 Å². The number of fused-ring (bicyclic) bond motifs is 1. The van der Waals surface area contributed by atoms with Gasteiger partial charge in [0.1, 0.15) is 0 Å². The molecule has 0 aliphatic carbocycles. The van der Waals surface area contributed by atoms with Crippen LogP contribution in [-0.2, 0) is 0 Å². The first-order chi connectivity index (χ1) is 11.6. The van der Waals surface area contributed by atoms with Gasteiger partial charge in [-0.05, 0) is 19.9 Å². The first kappa shape index (κ1) is 16.7. The number of H-pyrrole nitrogens is 1. The SMILES string of the molecule is C=CCNc1nnc(S[C@H](C)C(=O)c2c(C)[nH]c3ccccc23)s1. The summed E-state index contributed by atoms with van der Waals surface area (Å²) in [7, 11) is 0. The quantitative estimate of drug-likeness (QED) is 0.374. The number of ketones is 1. The van der Waals surface area contributed by atoms with E-state index in [9.17, 15) is 4.79 Å². The van der Waals surface area contributed by atoms with Gasteiger partial charge in [0, 0.05) is 28.7 Å². The molecule has 0 saturated carbocycles. The van der Waals surface area contributed by atoms with E-state index in [1.807, 2.05) is 38.1 Å². The van der Waals surface area contributed by atoms with Crippen LogP contribution in [0, 0.1) is 6.92 Å². The van der Waals surface area contributed by atoms with Crippen molar-refractivity contribution in [3.05, 3.63) is 48.2 Å². The van der Waals surface area contributed by atoms with Gasteiger partial charge in [0.05, 0.1) is 5.25 Å². The zero-order valence-electron chi connectivity index (χ0n) is 13.5. The summed E-state index contributed by atoms with van der Waals surface area (Å²) in [6, 6.07) is 7.88. The molecule has 2 aromatic heterocycles. The number of anilines is 1. The van der Waals surface area contributed by atoms with Gasteiger partial charge in [-0.3, -0.25) is 4.79 Å². The molecule has 2 N–H and O–H groups in total. The van der Waals surface area contributed by atoms with Crippen LogP contribution in [0.5, 0.6) is 0 Å². The lowest BCUT2D eigenvalue weighted by Gasteiger charge is -2.08. The zero-order valence-corrected chi connectivity index (χ0v) is 15.1. The van der Waals surface area contributed by atoms with Gasteiger partial charge in [-0.2, -0.15) is 0 Å². The molecule has 0 amide bonds. The summed E-state index contributed by atoms with van der Waals surface area (Å²) in [6.07, 6.45) is 1.76. The Kier molecular flexibility index (Phi) is 5.01. The molecular formula is C17H18N4OS2. The van der Waals surface area contributed by atoms with Gasteiger partial charge in [0.2, 0.25) is 5.13 Å². The molecule has 0 aliphatic rings. The van der Waals surface area contributed by atoms with E-state index < -0.39 is 0 Å². The molecule has 0 unspecified atom stereocenters. The summed E-state index contributed by atoms with van der Waals surface area (Å²) in [6.45, 7) is 8.14. The number of aromatic amines is 1. The van der Waals surface area contributed by atoms with E-state index in [-0.39, 0.29) is 11.0 Å². The Labute approximate surface area is 148 Å². The minimum Gasteiger partial charge on any atom is -0.358 e. The van der Waals surface area contributed by atoms with E-state index in [1.165, 1.54) is 23.1 Å². The molecule has 0 radical (unpaired) electrons. The third-order valence-corrected chi connectivity index (χ3v) is 5.66. The number of nitrogens with one attached hydrogen (secondary N) is 2. The van der Waals surface area contributed by atoms with E-state index >= 15 is 0 Å². The maximum absolute atomic E-state index is 12.9. The minimum absolute atomic E-state index is 0.103. The normalized spacial score (nSPS) is 12.2. The van der Waals surface area contributed by atoms with Crippen LogP contribution in [0.1, 0.15) is 23.0 Å². The Morgan fingerprint density at radius 1 is 1.46 bits per heavy atom. The molecule has 0 bridgehead atoms. The Hall–Kier alpha value is -2.12. The first-order valence-corrected chi connectivity index (χ1v) is 9.26. The van der Waals surface area contributed by atoms with E-state index in [0.717, 1.165) is 31.6 Å². The highest BCUT2D eigenvalue weighted by molar-refractivity contribution is 8.02. The van der Waals surface area contributed by atoms with Gasteiger partial charge >= 0.3 is 0 Å². The maximum Gasteiger partial charge on any atom is 0.206 e. The number of aryl methyl sites for hydroxylation is 1. The molecule has 3 rings (SSSR count). The Balaban J connectivity index is 1.78. The number of para-hydroxylation sites is 1. The van der Waals surface area contributed by atoms with Crippen LogP contribution in [0.2, 0.25) is 0 Å². The number of carbonyl (C=O) groups is 1. The second-order valence-corrected chi connectivity index (χ2v) is 7.90. The van der Waals surface area contributed by atoms with Gasteiger partial charge in [-0.1, -0.05) is 47.4 Å². The number of aromatic nitrogens is 3. The molecule has 124 valence electrons. The van der Waals surface area contributed by atoms with Crippen molar-refractivity contribution in [3.8, 4) is 0 Å². The van der Waals surface area contributed by atoms with Gasteiger partial charge in [-0.15, -0.1) is 16.8 Å². The van der Waals surface area contributed by atoms with Gasteiger partial charge in [0.25, 0.3) is 0 Å². The van der Waals surface area contributed by atoms with Crippen LogP contribution in [0.3, 0.4) is 0 Å². The average Bonchev–Trinajstić information content (AvgIpc) is 3.15. The van der Waals surface area contributed by atoms with E-state index in [4.69, 9.17) is 0 Å². The van der Waals surface area contributed by atoms with Crippen molar-refractivity contribution in [2.75, 3.05) is 11.9 Å². The number of rotatable bonds is 7. The number of nitrogens with zero attached hydrogens (tertiary/aromatic N) is 2. The monoisotopic (exact) mass is 358 g/mol. The predicted molar refractivity (Wildman–Crippen MR) is 101 cm³/mol. The van der Waals surface area contributed by atoms with Crippen molar-refractivity contribution in [1.29, 1.82) is 0 Å². The first-order valence-electron chi connectivity index (χ1n) is 7.56. The summed E-state index contributed by atoms with van der Waals surface area (Å²) >= 11 is 2.88. The minimum atomic E-state index is -0.233. The predicted octanol–water partition coefficient (Wildman–Crippen LogP) is 4.29. The Bertz CT molecular complexity index is 884. The van der Waals surface area contributed by atoms with Crippen molar-refractivity contribution in [2.24, 2.45) is 0 Å². The van der Waals surface area contributed by atoms with Crippen LogP contribution in [0.25, 0.3) is 10.9 Å². The van der Waals surface area contributed by atoms with Gasteiger partial charge < -0.3 is 10.3 Å². The second-order valence-electron chi connectivity index (χ2n) is 5.34. The highest BCUT2D eigenvalue weighted by Gasteiger charge is 2.23. The van der Waals surface area contributed by atoms with E-state index in [2.05, 4.69) is 27.1 Å². The molecule has 5 nitrogen and oxygen atoms in total. The lowest BCUT2D eigenvalue weighted by Crippen LogP contribution is -2.14. The summed E-state index contributed by atoms with van der Waals surface area (Å²) in [5.41, 5.74) is 2.65. The number of carbonyl (C=O) groups excluding carboxylic acids is 1. The highest BCUT2D eigenvalue weighted by atomic mass is 32.2. The molecule has 0 fully saturated rings. The topological polar surface area (TPSA) is 70.7 Å². The van der Waals surface area contributed by atoms with Crippen LogP contribution in [-0.4, -0.2) is 32.8 Å². The third kappa shape index (κ3) is 3.37. The Morgan fingerprint density at radius 2 is 2.25 bits per heavy atom. The van der Waals surface area contributed by atoms with E-state index in [0.29, 0.717) is 6.54 Å². The summed E-state index contributed by atoms with van der Waals surface area (Å²) in [4.78, 5) is 16.2. The number of hydrogen-bond donors (Lipinski definition) is 2. The maximum atomic E-state index is 12.9. The fourth-order valence-corrected chi connectivity index (χ4v) is 4.45. The molecule has 1 aromatic carbocycles. The second kappa shape index (κ2) is 7.19. The van der Waals surface area contributed by atoms with Crippen molar-refractivity contribution in [1.82, 2.24) is 15.2 Å². The number of benzene rings is 1. The third-order valence-electron chi connectivity index (χ3n) is 3.59. The molecule has 3 aromatic rings. The Morgan fingerprint density at radius 3 is 3.04 bits per heavy atom. The molecule has 24 heavy (non-hydrogen) atoms. The van der Waals surface area contributed by atoms with Gasteiger partial charge in [-0.25, -0.2) is 0 Å². The molecular weight excluding hydrogens is 340 g/mol. The summed E-state index contributed by atoms with van der Waals surface area (Å²) in [5, 5.41) is 12.8. The zero-order chi connectivity index (χ0) is 17.1. The molecule has 0 spiro atoms. The van der Waals surface area contributed by atoms with Crippen LogP contribution >= 0.6 is 23.1 Å². The highest BCUT2D eigenvalue weighted by Crippen LogP contribution is 2.32. The van der Waals surface area contributed by atoms with Crippen LogP contribution < -0.4 is 5.32 Å². The number of thioether (sulfide) groups is 1. The molecule has 0 aliphatic heterocycles. The molecule has 1 atom stereocenters. The standard InChI is InChI=1S/C17H18N4OS2/c1-4-9-18-16-20-21-17(24-16)23-11(3)15(22)14-10(2)19-13-8-6-5-7-12(13)14/h4-8,11,19H,1,9H2,2-3H3,(H,18,20)/t11-/m1/s1. The van der Waals surface area contributed by atoms with Crippen LogP contribution in [0.15, 0.2) is 41.3 Å². The average molecular weight is 358 g/mol. The number of Topliss-reactive ketones (excluding diaryl/α,β-unsaturated/α-hetero) is 1. The van der Waals surface area contributed by atoms with Gasteiger partial charge in [0.15, 0.2) is 10.1 Å². The fourth-order valence-electron chi connectivity index (χ4n) is 2.49. The largest absolute Gasteiger partial charge is 0.358 e.